The SMILES string of the molecule is CCCSc1nc(NCc2ccc(OC)cc2)c2c(n1)N(Cc1cccc(Cl)c1)CN2. The van der Waals surface area contributed by atoms with Gasteiger partial charge in [0.25, 0.3) is 0 Å². The van der Waals surface area contributed by atoms with Gasteiger partial charge in [0.15, 0.2) is 16.8 Å². The van der Waals surface area contributed by atoms with E-state index in [2.05, 4.69) is 40.7 Å². The number of fused-ring (bicyclic) bond motifs is 1. The van der Waals surface area contributed by atoms with Gasteiger partial charge in [-0.05, 0) is 41.8 Å². The summed E-state index contributed by atoms with van der Waals surface area (Å²) in [5, 5.41) is 8.49. The summed E-state index contributed by atoms with van der Waals surface area (Å²) in [5.41, 5.74) is 3.25. The molecule has 0 saturated carbocycles. The van der Waals surface area contributed by atoms with E-state index in [4.69, 9.17) is 26.3 Å². The zero-order valence-corrected chi connectivity index (χ0v) is 19.3. The minimum atomic E-state index is 0.668. The van der Waals surface area contributed by atoms with E-state index in [-0.39, 0.29) is 0 Å². The van der Waals surface area contributed by atoms with E-state index in [0.717, 1.165) is 63.1 Å². The maximum Gasteiger partial charge on any atom is 0.191 e. The highest BCUT2D eigenvalue weighted by Crippen LogP contribution is 2.38. The van der Waals surface area contributed by atoms with E-state index in [0.29, 0.717) is 13.2 Å². The lowest BCUT2D eigenvalue weighted by Gasteiger charge is -2.18. The number of thioether (sulfide) groups is 1. The van der Waals surface area contributed by atoms with Gasteiger partial charge in [-0.25, -0.2) is 9.97 Å². The zero-order valence-electron chi connectivity index (χ0n) is 17.7. The molecule has 0 saturated heterocycles. The van der Waals surface area contributed by atoms with Crippen molar-refractivity contribution in [1.82, 2.24) is 9.97 Å². The number of halogens is 1. The van der Waals surface area contributed by atoms with Crippen LogP contribution in [0.5, 0.6) is 5.75 Å². The molecule has 162 valence electrons. The molecule has 0 unspecified atom stereocenters. The lowest BCUT2D eigenvalue weighted by atomic mass is 10.2. The van der Waals surface area contributed by atoms with Gasteiger partial charge in [0.2, 0.25) is 0 Å². The summed E-state index contributed by atoms with van der Waals surface area (Å²) in [5.74, 6) is 3.58. The molecule has 2 aromatic carbocycles. The van der Waals surface area contributed by atoms with Gasteiger partial charge in [-0.2, -0.15) is 0 Å². The summed E-state index contributed by atoms with van der Waals surface area (Å²) in [7, 11) is 1.67. The van der Waals surface area contributed by atoms with Gasteiger partial charge >= 0.3 is 0 Å². The molecule has 1 aliphatic heterocycles. The Hall–Kier alpha value is -2.64. The van der Waals surface area contributed by atoms with Crippen LogP contribution in [0.25, 0.3) is 0 Å². The second-order valence-corrected chi connectivity index (χ2v) is 8.76. The molecule has 1 aromatic heterocycles. The van der Waals surface area contributed by atoms with Gasteiger partial charge in [0.1, 0.15) is 11.4 Å². The van der Waals surface area contributed by atoms with Crippen molar-refractivity contribution in [1.29, 1.82) is 0 Å². The van der Waals surface area contributed by atoms with Gasteiger partial charge in [-0.3, -0.25) is 0 Å². The first-order valence-electron chi connectivity index (χ1n) is 10.3. The number of aromatic nitrogens is 2. The molecule has 0 amide bonds. The van der Waals surface area contributed by atoms with Crippen LogP contribution in [0, 0.1) is 0 Å². The fraction of sp³-hybridized carbons (Fsp3) is 0.304. The highest BCUT2D eigenvalue weighted by Gasteiger charge is 2.25. The van der Waals surface area contributed by atoms with Crippen LogP contribution in [0.4, 0.5) is 17.3 Å². The van der Waals surface area contributed by atoms with E-state index in [9.17, 15) is 0 Å². The Bertz CT molecular complexity index is 1030. The van der Waals surface area contributed by atoms with Crippen molar-refractivity contribution in [3.8, 4) is 5.75 Å². The molecule has 4 rings (SSSR count). The van der Waals surface area contributed by atoms with Gasteiger partial charge in [0, 0.05) is 23.9 Å². The van der Waals surface area contributed by atoms with Crippen LogP contribution >= 0.6 is 23.4 Å². The third kappa shape index (κ3) is 5.35. The highest BCUT2D eigenvalue weighted by molar-refractivity contribution is 7.99. The summed E-state index contributed by atoms with van der Waals surface area (Å²) in [6.07, 6.45) is 1.07. The number of nitrogens with one attached hydrogen (secondary N) is 2. The van der Waals surface area contributed by atoms with Crippen molar-refractivity contribution in [2.75, 3.05) is 35.1 Å². The van der Waals surface area contributed by atoms with Crippen LogP contribution in [0.1, 0.15) is 24.5 Å². The Morgan fingerprint density at radius 2 is 2.00 bits per heavy atom. The fourth-order valence-corrected chi connectivity index (χ4v) is 4.28. The molecule has 2 N–H and O–H groups in total. The molecule has 0 bridgehead atoms. The number of benzene rings is 2. The summed E-state index contributed by atoms with van der Waals surface area (Å²) in [4.78, 5) is 11.9. The summed E-state index contributed by atoms with van der Waals surface area (Å²) >= 11 is 7.86. The van der Waals surface area contributed by atoms with Crippen LogP contribution < -0.4 is 20.3 Å². The van der Waals surface area contributed by atoms with Crippen molar-refractivity contribution >= 4 is 40.7 Å². The number of rotatable bonds is 9. The predicted octanol–water partition coefficient (Wildman–Crippen LogP) is 5.64. The molecule has 1 aliphatic rings. The molecule has 3 aromatic rings. The Labute approximate surface area is 192 Å². The minimum absolute atomic E-state index is 0.668. The zero-order chi connectivity index (χ0) is 21.6. The quantitative estimate of drug-likeness (QED) is 0.319. The number of hydrogen-bond donors (Lipinski definition) is 2. The molecule has 0 aliphatic carbocycles. The van der Waals surface area contributed by atoms with Crippen LogP contribution in [-0.2, 0) is 13.1 Å². The standard InChI is InChI=1S/C23H26ClN5OS/c1-3-11-31-23-27-21(25-13-16-7-9-19(30-2)10-8-16)20-22(28-23)29(15-26-20)14-17-5-4-6-18(24)12-17/h4-10,12,26H,3,11,13-15H2,1-2H3,(H,25,27,28). The monoisotopic (exact) mass is 455 g/mol. The van der Waals surface area contributed by atoms with E-state index in [1.807, 2.05) is 30.3 Å². The topological polar surface area (TPSA) is 62.3 Å². The van der Waals surface area contributed by atoms with Crippen LogP contribution in [0.3, 0.4) is 0 Å². The predicted molar refractivity (Wildman–Crippen MR) is 129 cm³/mol. The molecular formula is C23H26ClN5OS. The van der Waals surface area contributed by atoms with Gasteiger partial charge < -0.3 is 20.3 Å². The summed E-state index contributed by atoms with van der Waals surface area (Å²) < 4.78 is 5.25. The number of hydrogen-bond acceptors (Lipinski definition) is 7. The molecule has 2 heterocycles. The highest BCUT2D eigenvalue weighted by atomic mass is 35.5. The molecule has 0 fully saturated rings. The first kappa shape index (κ1) is 21.6. The lowest BCUT2D eigenvalue weighted by Crippen LogP contribution is -2.22. The normalized spacial score (nSPS) is 12.4. The molecule has 0 spiro atoms. The van der Waals surface area contributed by atoms with Crippen molar-refractivity contribution in [2.24, 2.45) is 0 Å². The van der Waals surface area contributed by atoms with E-state index in [1.54, 1.807) is 18.9 Å². The lowest BCUT2D eigenvalue weighted by molar-refractivity contribution is 0.414. The Morgan fingerprint density at radius 3 is 2.74 bits per heavy atom. The number of anilines is 3. The second-order valence-electron chi connectivity index (χ2n) is 7.27. The van der Waals surface area contributed by atoms with Crippen LogP contribution in [0.2, 0.25) is 5.02 Å². The summed E-state index contributed by atoms with van der Waals surface area (Å²) in [6, 6.07) is 16.0. The van der Waals surface area contributed by atoms with E-state index < -0.39 is 0 Å². The van der Waals surface area contributed by atoms with Gasteiger partial charge in [-0.15, -0.1) is 0 Å². The molecule has 6 nitrogen and oxygen atoms in total. The molecule has 8 heteroatoms. The van der Waals surface area contributed by atoms with Crippen molar-refractivity contribution in [3.63, 3.8) is 0 Å². The fourth-order valence-electron chi connectivity index (χ4n) is 3.37. The third-order valence-electron chi connectivity index (χ3n) is 4.93. The second kappa shape index (κ2) is 10.1. The molecular weight excluding hydrogens is 430 g/mol. The van der Waals surface area contributed by atoms with Gasteiger partial charge in [-0.1, -0.05) is 54.6 Å². The Kier molecular flexibility index (Phi) is 7.04. The third-order valence-corrected chi connectivity index (χ3v) is 6.22. The molecule has 0 radical (unpaired) electrons. The molecule has 0 atom stereocenters. The molecule has 31 heavy (non-hydrogen) atoms. The smallest absolute Gasteiger partial charge is 0.191 e. The van der Waals surface area contributed by atoms with E-state index in [1.165, 1.54) is 0 Å². The van der Waals surface area contributed by atoms with Crippen LogP contribution in [-0.4, -0.2) is 29.5 Å². The largest absolute Gasteiger partial charge is 0.497 e. The first-order chi connectivity index (χ1) is 15.2. The van der Waals surface area contributed by atoms with Crippen LogP contribution in [0.15, 0.2) is 53.7 Å². The number of ether oxygens (including phenoxy) is 1. The van der Waals surface area contributed by atoms with Crippen molar-refractivity contribution < 1.29 is 4.74 Å². The van der Waals surface area contributed by atoms with Crippen molar-refractivity contribution in [2.45, 2.75) is 31.6 Å². The maximum absolute atomic E-state index is 6.18. The average molecular weight is 456 g/mol. The average Bonchev–Trinajstić information content (AvgIpc) is 3.19. The van der Waals surface area contributed by atoms with E-state index >= 15 is 0 Å². The summed E-state index contributed by atoms with van der Waals surface area (Å²) in [6.45, 7) is 4.24. The maximum atomic E-state index is 6.18. The number of methoxy groups -OCH3 is 1. The Balaban J connectivity index is 1.57. The Morgan fingerprint density at radius 1 is 1.16 bits per heavy atom. The minimum Gasteiger partial charge on any atom is -0.497 e. The number of nitrogens with zero attached hydrogens (tertiary/aromatic N) is 3. The van der Waals surface area contributed by atoms with Crippen molar-refractivity contribution in [3.05, 3.63) is 64.7 Å². The van der Waals surface area contributed by atoms with Gasteiger partial charge in [0.05, 0.1) is 13.8 Å². The first-order valence-corrected chi connectivity index (χ1v) is 11.7.